The Hall–Kier alpha value is -6.38. The van der Waals surface area contributed by atoms with Crippen LogP contribution in [-0.2, 0) is 0 Å². The average Bonchev–Trinajstić information content (AvgIpc) is 3.61. The minimum Gasteiger partial charge on any atom is -0.360 e. The van der Waals surface area contributed by atoms with E-state index in [1.807, 2.05) is 0 Å². The molecule has 0 saturated heterocycles. The van der Waals surface area contributed by atoms with E-state index in [0.29, 0.717) is 0 Å². The van der Waals surface area contributed by atoms with Gasteiger partial charge >= 0.3 is 0 Å². The average molecular weight is 625 g/mol. The molecule has 0 aromatic heterocycles. The summed E-state index contributed by atoms with van der Waals surface area (Å²) in [7, 11) is 0. The SMILES string of the molecule is C1=CC2NC(c3ccc(-c4c5ccccc5c(-c5c6ccccc6c(-c6ccccc6)c6ccccc56)c5ccccc45)cc3)=CN2C=C1. The zero-order chi connectivity index (χ0) is 32.3. The normalized spacial score (nSPS) is 15.2. The molecule has 230 valence electrons. The van der Waals surface area contributed by atoms with Gasteiger partial charge in [-0.15, -0.1) is 0 Å². The minimum absolute atomic E-state index is 0.175. The molecule has 0 saturated carbocycles. The van der Waals surface area contributed by atoms with Gasteiger partial charge in [-0.1, -0.05) is 158 Å². The van der Waals surface area contributed by atoms with Gasteiger partial charge in [0.1, 0.15) is 6.17 Å². The Morgan fingerprint density at radius 3 is 1.20 bits per heavy atom. The molecule has 10 rings (SSSR count). The van der Waals surface area contributed by atoms with E-state index >= 15 is 0 Å². The highest BCUT2D eigenvalue weighted by atomic mass is 15.3. The summed E-state index contributed by atoms with van der Waals surface area (Å²) in [5, 5.41) is 13.8. The number of benzene rings is 8. The van der Waals surface area contributed by atoms with Gasteiger partial charge in [0.25, 0.3) is 0 Å². The first-order valence-electron chi connectivity index (χ1n) is 17.0. The van der Waals surface area contributed by atoms with E-state index in [2.05, 4.69) is 193 Å². The fraction of sp³-hybridized carbons (Fsp3) is 0.0213. The fourth-order valence-corrected chi connectivity index (χ4v) is 8.10. The topological polar surface area (TPSA) is 15.3 Å². The molecule has 1 unspecified atom stereocenters. The quantitative estimate of drug-likeness (QED) is 0.196. The van der Waals surface area contributed by atoms with Crippen LogP contribution >= 0.6 is 0 Å². The van der Waals surface area contributed by atoms with Crippen molar-refractivity contribution in [2.45, 2.75) is 6.17 Å². The van der Waals surface area contributed by atoms with Crippen LogP contribution in [0.2, 0.25) is 0 Å². The van der Waals surface area contributed by atoms with Crippen LogP contribution in [0.5, 0.6) is 0 Å². The number of nitrogens with one attached hydrogen (secondary N) is 1. The van der Waals surface area contributed by atoms with E-state index in [1.165, 1.54) is 82.0 Å². The number of fused-ring (bicyclic) bond motifs is 5. The third-order valence-electron chi connectivity index (χ3n) is 10.2. The zero-order valence-corrected chi connectivity index (χ0v) is 26.8. The van der Waals surface area contributed by atoms with Crippen molar-refractivity contribution < 1.29 is 0 Å². The van der Waals surface area contributed by atoms with E-state index in [4.69, 9.17) is 0 Å². The molecule has 2 aliphatic rings. The Morgan fingerprint density at radius 2 is 0.755 bits per heavy atom. The van der Waals surface area contributed by atoms with Crippen molar-refractivity contribution in [2.75, 3.05) is 0 Å². The molecule has 0 bridgehead atoms. The molecule has 2 aliphatic heterocycles. The number of allylic oxidation sites excluding steroid dienone is 2. The summed E-state index contributed by atoms with van der Waals surface area (Å²) in [6.07, 6.45) is 10.8. The second-order valence-corrected chi connectivity index (χ2v) is 12.9. The lowest BCUT2D eigenvalue weighted by atomic mass is 9.81. The second-order valence-electron chi connectivity index (χ2n) is 12.9. The van der Waals surface area contributed by atoms with Gasteiger partial charge in [-0.05, 0) is 94.2 Å². The lowest BCUT2D eigenvalue weighted by molar-refractivity contribution is 0.427. The predicted molar refractivity (Wildman–Crippen MR) is 208 cm³/mol. The maximum absolute atomic E-state index is 3.65. The molecule has 0 fully saturated rings. The molecule has 2 nitrogen and oxygen atoms in total. The second kappa shape index (κ2) is 11.1. The highest BCUT2D eigenvalue weighted by Gasteiger charge is 2.24. The van der Waals surface area contributed by atoms with E-state index < -0.39 is 0 Å². The van der Waals surface area contributed by atoms with Crippen molar-refractivity contribution in [3.05, 3.63) is 188 Å². The monoisotopic (exact) mass is 624 g/mol. The molecule has 8 aromatic rings. The summed E-state index contributed by atoms with van der Waals surface area (Å²) in [6.45, 7) is 0. The van der Waals surface area contributed by atoms with Crippen molar-refractivity contribution in [1.29, 1.82) is 0 Å². The molecular formula is C47H32N2. The first-order valence-corrected chi connectivity index (χ1v) is 17.0. The Labute approximate surface area is 285 Å². The molecule has 8 aromatic carbocycles. The maximum Gasteiger partial charge on any atom is 0.122 e. The number of nitrogens with zero attached hydrogens (tertiary/aromatic N) is 1. The van der Waals surface area contributed by atoms with Gasteiger partial charge in [0.05, 0.1) is 5.70 Å². The Bertz CT molecular complexity index is 2570. The van der Waals surface area contributed by atoms with Crippen molar-refractivity contribution in [3.63, 3.8) is 0 Å². The molecule has 2 heterocycles. The predicted octanol–water partition coefficient (Wildman–Crippen LogP) is 11.9. The van der Waals surface area contributed by atoms with E-state index in [9.17, 15) is 0 Å². The lowest BCUT2D eigenvalue weighted by Crippen LogP contribution is -2.31. The van der Waals surface area contributed by atoms with Crippen LogP contribution in [0, 0.1) is 0 Å². The molecule has 1 atom stereocenters. The number of hydrogen-bond acceptors (Lipinski definition) is 2. The summed E-state index contributed by atoms with van der Waals surface area (Å²) >= 11 is 0. The maximum atomic E-state index is 3.65. The van der Waals surface area contributed by atoms with Crippen molar-refractivity contribution >= 4 is 48.8 Å². The summed E-state index contributed by atoms with van der Waals surface area (Å²) in [4.78, 5) is 2.21. The largest absolute Gasteiger partial charge is 0.360 e. The first kappa shape index (κ1) is 27.7. The van der Waals surface area contributed by atoms with Crippen molar-refractivity contribution in [2.24, 2.45) is 0 Å². The molecule has 0 spiro atoms. The Kier molecular flexibility index (Phi) is 6.28. The van der Waals surface area contributed by atoms with Gasteiger partial charge in [0.2, 0.25) is 0 Å². The minimum atomic E-state index is 0.175. The van der Waals surface area contributed by atoms with Gasteiger partial charge in [-0.25, -0.2) is 0 Å². The third kappa shape index (κ3) is 4.35. The Morgan fingerprint density at radius 1 is 0.367 bits per heavy atom. The fourth-order valence-electron chi connectivity index (χ4n) is 8.10. The van der Waals surface area contributed by atoms with Gasteiger partial charge in [0, 0.05) is 12.4 Å². The lowest BCUT2D eigenvalue weighted by Gasteiger charge is -2.22. The standard InChI is InChI=1S/C47H32N2/c1-2-14-32(15-3-1)44-34-16-4-8-20-38(34)46(39-21-9-5-17-35(39)44)47-40-22-10-6-18-36(40)45(37-19-7-11-23-41(37)47)33-27-25-31(26-28-33)42-30-49-29-13-12-24-43(49)48-42/h1-30,43,48H. The third-order valence-corrected chi connectivity index (χ3v) is 10.2. The van der Waals surface area contributed by atoms with Crippen LogP contribution in [0.4, 0.5) is 0 Å². The van der Waals surface area contributed by atoms with Crippen LogP contribution in [-0.4, -0.2) is 11.1 Å². The number of hydrogen-bond donors (Lipinski definition) is 1. The summed E-state index contributed by atoms with van der Waals surface area (Å²) in [5.41, 5.74) is 9.91. The van der Waals surface area contributed by atoms with Crippen molar-refractivity contribution in [3.8, 4) is 33.4 Å². The highest BCUT2D eigenvalue weighted by Crippen LogP contribution is 2.50. The molecule has 0 amide bonds. The van der Waals surface area contributed by atoms with Gasteiger partial charge in [-0.2, -0.15) is 0 Å². The molecular weight excluding hydrogens is 593 g/mol. The van der Waals surface area contributed by atoms with Gasteiger partial charge < -0.3 is 10.2 Å². The van der Waals surface area contributed by atoms with E-state index in [-0.39, 0.29) is 6.17 Å². The molecule has 1 N–H and O–H groups in total. The zero-order valence-electron chi connectivity index (χ0n) is 26.8. The Balaban J connectivity index is 1.24. The summed E-state index contributed by atoms with van der Waals surface area (Å²) < 4.78 is 0. The van der Waals surface area contributed by atoms with Crippen LogP contribution in [0.15, 0.2) is 182 Å². The first-order chi connectivity index (χ1) is 24.3. The number of rotatable bonds is 4. The van der Waals surface area contributed by atoms with Crippen molar-refractivity contribution in [1.82, 2.24) is 10.2 Å². The van der Waals surface area contributed by atoms with Crippen LogP contribution < -0.4 is 5.32 Å². The molecule has 49 heavy (non-hydrogen) atoms. The summed E-state index contributed by atoms with van der Waals surface area (Å²) in [5.74, 6) is 0. The van der Waals surface area contributed by atoms with Crippen LogP contribution in [0.25, 0.3) is 82.2 Å². The summed E-state index contributed by atoms with van der Waals surface area (Å²) in [6, 6.07) is 55.8. The highest BCUT2D eigenvalue weighted by molar-refractivity contribution is 6.29. The van der Waals surface area contributed by atoms with Gasteiger partial charge in [0.15, 0.2) is 0 Å². The van der Waals surface area contributed by atoms with Gasteiger partial charge in [-0.3, -0.25) is 0 Å². The van der Waals surface area contributed by atoms with E-state index in [0.717, 1.165) is 5.70 Å². The van der Waals surface area contributed by atoms with E-state index in [1.54, 1.807) is 0 Å². The van der Waals surface area contributed by atoms with Crippen LogP contribution in [0.3, 0.4) is 0 Å². The molecule has 2 heteroatoms. The molecule has 0 radical (unpaired) electrons. The smallest absolute Gasteiger partial charge is 0.122 e. The van der Waals surface area contributed by atoms with Crippen LogP contribution in [0.1, 0.15) is 5.56 Å². The molecule has 0 aliphatic carbocycles.